The Labute approximate surface area is 82.7 Å². The molecule has 0 bridgehead atoms. The van der Waals surface area contributed by atoms with Gasteiger partial charge in [0.25, 0.3) is 0 Å². The summed E-state index contributed by atoms with van der Waals surface area (Å²) >= 11 is 0. The molecule has 0 spiro atoms. The van der Waals surface area contributed by atoms with Gasteiger partial charge in [0, 0.05) is 18.6 Å². The van der Waals surface area contributed by atoms with Gasteiger partial charge in [-0.2, -0.15) is 0 Å². The van der Waals surface area contributed by atoms with Gasteiger partial charge in [-0.25, -0.2) is 0 Å². The van der Waals surface area contributed by atoms with Crippen LogP contribution >= 0.6 is 0 Å². The van der Waals surface area contributed by atoms with Crippen molar-refractivity contribution < 1.29 is 0 Å². The van der Waals surface area contributed by atoms with E-state index in [1.807, 2.05) is 0 Å². The summed E-state index contributed by atoms with van der Waals surface area (Å²) in [4.78, 5) is 2.64. The fraction of sp³-hybridized carbons (Fsp3) is 1.00. The normalized spacial score (nSPS) is 25.4. The van der Waals surface area contributed by atoms with E-state index in [0.717, 1.165) is 12.6 Å². The number of likely N-dealkylation sites (tertiary alicyclic amines) is 1. The molecular formula is C11H24N2. The van der Waals surface area contributed by atoms with Crippen molar-refractivity contribution in [2.75, 3.05) is 19.6 Å². The Balaban J connectivity index is 2.37. The molecule has 1 fully saturated rings. The summed E-state index contributed by atoms with van der Waals surface area (Å²) in [6, 6.07) is 1.50. The van der Waals surface area contributed by atoms with Crippen molar-refractivity contribution in [2.24, 2.45) is 0 Å². The lowest BCUT2D eigenvalue weighted by Crippen LogP contribution is -2.48. The van der Waals surface area contributed by atoms with E-state index in [9.17, 15) is 0 Å². The number of piperidine rings is 1. The largest absolute Gasteiger partial charge is 0.315 e. The lowest BCUT2D eigenvalue weighted by molar-refractivity contribution is 0.111. The SMILES string of the molecule is CCNCC1CCCCN1C(C)C. The van der Waals surface area contributed by atoms with Gasteiger partial charge in [-0.15, -0.1) is 0 Å². The van der Waals surface area contributed by atoms with Crippen LogP contribution < -0.4 is 5.32 Å². The van der Waals surface area contributed by atoms with Crippen molar-refractivity contribution in [3.05, 3.63) is 0 Å². The molecule has 1 unspecified atom stereocenters. The first-order chi connectivity index (χ1) is 6.25. The van der Waals surface area contributed by atoms with Crippen molar-refractivity contribution >= 4 is 0 Å². The Morgan fingerprint density at radius 2 is 2.15 bits per heavy atom. The van der Waals surface area contributed by atoms with Gasteiger partial charge in [-0.05, 0) is 39.8 Å². The molecular weight excluding hydrogens is 160 g/mol. The fourth-order valence-corrected chi connectivity index (χ4v) is 2.23. The molecule has 0 aromatic carbocycles. The van der Waals surface area contributed by atoms with E-state index in [1.165, 1.54) is 32.4 Å². The molecule has 1 saturated heterocycles. The second kappa shape index (κ2) is 5.61. The van der Waals surface area contributed by atoms with Crippen molar-refractivity contribution in [1.82, 2.24) is 10.2 Å². The smallest absolute Gasteiger partial charge is 0.0223 e. The van der Waals surface area contributed by atoms with Crippen LogP contribution in [0.15, 0.2) is 0 Å². The molecule has 0 radical (unpaired) electrons. The summed E-state index contributed by atoms with van der Waals surface area (Å²) in [5.74, 6) is 0. The zero-order valence-electron chi connectivity index (χ0n) is 9.34. The van der Waals surface area contributed by atoms with Gasteiger partial charge in [0.15, 0.2) is 0 Å². The molecule has 1 aliphatic heterocycles. The van der Waals surface area contributed by atoms with E-state index >= 15 is 0 Å². The average Bonchev–Trinajstić information content (AvgIpc) is 2.15. The minimum Gasteiger partial charge on any atom is -0.315 e. The first-order valence-corrected chi connectivity index (χ1v) is 5.72. The number of hydrogen-bond acceptors (Lipinski definition) is 2. The summed E-state index contributed by atoms with van der Waals surface area (Å²) in [5.41, 5.74) is 0. The molecule has 0 aliphatic carbocycles. The molecule has 0 saturated carbocycles. The van der Waals surface area contributed by atoms with Crippen LogP contribution in [-0.4, -0.2) is 36.6 Å². The van der Waals surface area contributed by atoms with E-state index in [0.29, 0.717) is 6.04 Å². The maximum absolute atomic E-state index is 3.46. The van der Waals surface area contributed by atoms with E-state index in [2.05, 4.69) is 31.0 Å². The Kier molecular flexibility index (Phi) is 4.74. The molecule has 0 aromatic rings. The molecule has 2 nitrogen and oxygen atoms in total. The predicted molar refractivity (Wildman–Crippen MR) is 58.0 cm³/mol. The Morgan fingerprint density at radius 3 is 2.77 bits per heavy atom. The van der Waals surface area contributed by atoms with Crippen molar-refractivity contribution in [3.63, 3.8) is 0 Å². The molecule has 1 atom stereocenters. The third-order valence-electron chi connectivity index (χ3n) is 2.97. The van der Waals surface area contributed by atoms with Gasteiger partial charge >= 0.3 is 0 Å². The molecule has 13 heavy (non-hydrogen) atoms. The maximum Gasteiger partial charge on any atom is 0.0223 e. The highest BCUT2D eigenvalue weighted by atomic mass is 15.2. The number of likely N-dealkylation sites (N-methyl/N-ethyl adjacent to an activating group) is 1. The highest BCUT2D eigenvalue weighted by molar-refractivity contribution is 4.80. The molecule has 78 valence electrons. The maximum atomic E-state index is 3.46. The number of hydrogen-bond donors (Lipinski definition) is 1. The Bertz CT molecular complexity index is 134. The zero-order valence-corrected chi connectivity index (χ0v) is 9.34. The van der Waals surface area contributed by atoms with Crippen LogP contribution in [0.1, 0.15) is 40.0 Å². The van der Waals surface area contributed by atoms with Gasteiger partial charge in [0.2, 0.25) is 0 Å². The molecule has 1 heterocycles. The lowest BCUT2D eigenvalue weighted by atomic mass is 10.0. The summed E-state index contributed by atoms with van der Waals surface area (Å²) in [5, 5.41) is 3.46. The highest BCUT2D eigenvalue weighted by Gasteiger charge is 2.23. The van der Waals surface area contributed by atoms with Crippen molar-refractivity contribution in [1.29, 1.82) is 0 Å². The Morgan fingerprint density at radius 1 is 1.38 bits per heavy atom. The van der Waals surface area contributed by atoms with E-state index < -0.39 is 0 Å². The minimum atomic E-state index is 0.712. The Hall–Kier alpha value is -0.0800. The summed E-state index contributed by atoms with van der Waals surface area (Å²) in [6.45, 7) is 10.4. The molecule has 0 aromatic heterocycles. The summed E-state index contributed by atoms with van der Waals surface area (Å²) < 4.78 is 0. The average molecular weight is 184 g/mol. The fourth-order valence-electron chi connectivity index (χ4n) is 2.23. The minimum absolute atomic E-state index is 0.712. The van der Waals surface area contributed by atoms with Crippen LogP contribution in [0.5, 0.6) is 0 Å². The van der Waals surface area contributed by atoms with Crippen molar-refractivity contribution in [3.8, 4) is 0 Å². The molecule has 1 aliphatic rings. The van der Waals surface area contributed by atoms with Gasteiger partial charge in [-0.1, -0.05) is 13.3 Å². The molecule has 2 heteroatoms. The van der Waals surface area contributed by atoms with E-state index in [1.54, 1.807) is 0 Å². The lowest BCUT2D eigenvalue weighted by Gasteiger charge is -2.38. The monoisotopic (exact) mass is 184 g/mol. The molecule has 1 N–H and O–H groups in total. The predicted octanol–water partition coefficient (Wildman–Crippen LogP) is 1.86. The van der Waals surface area contributed by atoms with E-state index in [-0.39, 0.29) is 0 Å². The van der Waals surface area contributed by atoms with Gasteiger partial charge in [0.1, 0.15) is 0 Å². The zero-order chi connectivity index (χ0) is 9.68. The third-order valence-corrected chi connectivity index (χ3v) is 2.97. The standard InChI is InChI=1S/C11H24N2/c1-4-12-9-11-7-5-6-8-13(11)10(2)3/h10-12H,4-9H2,1-3H3. The van der Waals surface area contributed by atoms with Crippen LogP contribution in [0.25, 0.3) is 0 Å². The first kappa shape index (κ1) is 11.0. The topological polar surface area (TPSA) is 15.3 Å². The highest BCUT2D eigenvalue weighted by Crippen LogP contribution is 2.18. The van der Waals surface area contributed by atoms with Crippen LogP contribution in [-0.2, 0) is 0 Å². The second-order valence-electron chi connectivity index (χ2n) is 4.29. The first-order valence-electron chi connectivity index (χ1n) is 5.72. The molecule has 0 amide bonds. The van der Waals surface area contributed by atoms with Crippen LogP contribution in [0, 0.1) is 0 Å². The van der Waals surface area contributed by atoms with Crippen LogP contribution in [0.3, 0.4) is 0 Å². The summed E-state index contributed by atoms with van der Waals surface area (Å²) in [6.07, 6.45) is 4.19. The van der Waals surface area contributed by atoms with Gasteiger partial charge in [-0.3, -0.25) is 4.90 Å². The van der Waals surface area contributed by atoms with Crippen molar-refractivity contribution in [2.45, 2.75) is 52.1 Å². The number of rotatable bonds is 4. The third kappa shape index (κ3) is 3.28. The van der Waals surface area contributed by atoms with Crippen LogP contribution in [0.2, 0.25) is 0 Å². The quantitative estimate of drug-likeness (QED) is 0.717. The summed E-state index contributed by atoms with van der Waals surface area (Å²) in [7, 11) is 0. The van der Waals surface area contributed by atoms with Crippen LogP contribution in [0.4, 0.5) is 0 Å². The van der Waals surface area contributed by atoms with Gasteiger partial charge < -0.3 is 5.32 Å². The van der Waals surface area contributed by atoms with E-state index in [4.69, 9.17) is 0 Å². The van der Waals surface area contributed by atoms with Gasteiger partial charge in [0.05, 0.1) is 0 Å². The number of nitrogens with one attached hydrogen (secondary N) is 1. The second-order valence-corrected chi connectivity index (χ2v) is 4.29. The number of nitrogens with zero attached hydrogens (tertiary/aromatic N) is 1. The molecule has 1 rings (SSSR count).